The highest BCUT2D eigenvalue weighted by Gasteiger charge is 2.11. The second-order valence-electron chi connectivity index (χ2n) is 7.69. The van der Waals surface area contributed by atoms with E-state index in [2.05, 4.69) is 34.9 Å². The summed E-state index contributed by atoms with van der Waals surface area (Å²) in [7, 11) is 0. The van der Waals surface area contributed by atoms with Gasteiger partial charge in [0.25, 0.3) is 5.69 Å². The summed E-state index contributed by atoms with van der Waals surface area (Å²) in [4.78, 5) is 10.5. The summed E-state index contributed by atoms with van der Waals surface area (Å²) in [5.41, 5.74) is 10.9. The van der Waals surface area contributed by atoms with Gasteiger partial charge in [0.2, 0.25) is 0 Å². The van der Waals surface area contributed by atoms with Crippen LogP contribution in [0.25, 0.3) is 0 Å². The number of nitrogen functional groups attached to an aromatic ring is 1. The van der Waals surface area contributed by atoms with E-state index in [9.17, 15) is 10.1 Å². The Balaban J connectivity index is 0.000000192. The molecule has 4 rings (SSSR count). The topological polar surface area (TPSA) is 93.2 Å². The van der Waals surface area contributed by atoms with Crippen LogP contribution in [0.3, 0.4) is 0 Å². The molecule has 34 heavy (non-hydrogen) atoms. The van der Waals surface area contributed by atoms with Crippen LogP contribution in [0.15, 0.2) is 109 Å². The number of benzene rings is 4. The summed E-state index contributed by atoms with van der Waals surface area (Å²) in [6.07, 6.45) is 1.85. The molecule has 6 nitrogen and oxygen atoms in total. The Morgan fingerprint density at radius 2 is 1.06 bits per heavy atom. The third-order valence-electron chi connectivity index (χ3n) is 5.21. The van der Waals surface area contributed by atoms with Gasteiger partial charge in [0.15, 0.2) is 0 Å². The van der Waals surface area contributed by atoms with Crippen LogP contribution < -0.4 is 16.4 Å². The summed E-state index contributed by atoms with van der Waals surface area (Å²) in [6.45, 7) is 1.58. The number of nitrogens with zero attached hydrogens (tertiary/aromatic N) is 1. The van der Waals surface area contributed by atoms with Crippen molar-refractivity contribution in [2.24, 2.45) is 0 Å². The van der Waals surface area contributed by atoms with Gasteiger partial charge >= 0.3 is 0 Å². The highest BCUT2D eigenvalue weighted by Crippen LogP contribution is 2.23. The first-order chi connectivity index (χ1) is 16.6. The number of rotatable bonds is 9. The molecule has 4 aromatic carbocycles. The molecule has 0 aliphatic heterocycles. The molecule has 174 valence electrons. The van der Waals surface area contributed by atoms with Crippen LogP contribution in [-0.4, -0.2) is 18.0 Å². The fourth-order valence-corrected chi connectivity index (χ4v) is 3.41. The van der Waals surface area contributed by atoms with Crippen molar-refractivity contribution in [3.8, 4) is 0 Å². The number of para-hydroxylation sites is 4. The summed E-state index contributed by atoms with van der Waals surface area (Å²) in [6, 6.07) is 35.0. The van der Waals surface area contributed by atoms with Gasteiger partial charge in [-0.15, -0.1) is 0 Å². The molecule has 0 bridgehead atoms. The summed E-state index contributed by atoms with van der Waals surface area (Å²) >= 11 is 0. The molecule has 0 fully saturated rings. The molecule has 0 aliphatic carbocycles. The molecule has 0 unspecified atom stereocenters. The molecule has 4 aromatic rings. The van der Waals surface area contributed by atoms with Gasteiger partial charge in [-0.1, -0.05) is 84.9 Å². The van der Waals surface area contributed by atoms with Crippen molar-refractivity contribution in [2.45, 2.75) is 12.8 Å². The van der Waals surface area contributed by atoms with Gasteiger partial charge in [-0.25, -0.2) is 0 Å². The largest absolute Gasteiger partial charge is 0.397 e. The Morgan fingerprint density at radius 1 is 0.618 bits per heavy atom. The van der Waals surface area contributed by atoms with Crippen molar-refractivity contribution < 1.29 is 4.92 Å². The summed E-state index contributed by atoms with van der Waals surface area (Å²) < 4.78 is 0. The number of nitro benzene ring substituents is 1. The number of hydrogen-bond donors (Lipinski definition) is 3. The normalized spacial score (nSPS) is 10.0. The smallest absolute Gasteiger partial charge is 0.292 e. The second kappa shape index (κ2) is 13.3. The van der Waals surface area contributed by atoms with Crippen molar-refractivity contribution in [1.29, 1.82) is 0 Å². The molecular weight excluding hydrogens is 424 g/mol. The van der Waals surface area contributed by atoms with E-state index in [1.165, 1.54) is 17.2 Å². The van der Waals surface area contributed by atoms with Crippen LogP contribution in [0, 0.1) is 10.1 Å². The van der Waals surface area contributed by atoms with Crippen molar-refractivity contribution >= 4 is 22.7 Å². The zero-order chi connectivity index (χ0) is 24.0. The first kappa shape index (κ1) is 24.3. The average molecular weight is 455 g/mol. The Labute approximate surface area is 200 Å². The number of nitrogens with one attached hydrogen (secondary N) is 2. The highest BCUT2D eigenvalue weighted by molar-refractivity contribution is 5.65. The van der Waals surface area contributed by atoms with E-state index in [0.717, 1.165) is 30.8 Å². The van der Waals surface area contributed by atoms with Gasteiger partial charge in [0, 0.05) is 19.2 Å². The van der Waals surface area contributed by atoms with E-state index in [4.69, 9.17) is 5.73 Å². The molecular formula is C28H30N4O2. The Morgan fingerprint density at radius 3 is 1.59 bits per heavy atom. The van der Waals surface area contributed by atoms with Crippen molar-refractivity contribution in [2.75, 3.05) is 29.5 Å². The second-order valence-corrected chi connectivity index (χ2v) is 7.69. The zero-order valence-corrected chi connectivity index (χ0v) is 19.1. The molecule has 0 amide bonds. The minimum Gasteiger partial charge on any atom is -0.397 e. The van der Waals surface area contributed by atoms with E-state index >= 15 is 0 Å². The summed E-state index contributed by atoms with van der Waals surface area (Å²) in [5.74, 6) is 0. The first-order valence-corrected chi connectivity index (χ1v) is 11.3. The lowest BCUT2D eigenvalue weighted by molar-refractivity contribution is -0.384. The van der Waals surface area contributed by atoms with Crippen LogP contribution in [0.4, 0.5) is 22.7 Å². The highest BCUT2D eigenvalue weighted by atomic mass is 16.6. The quantitative estimate of drug-likeness (QED) is 0.160. The monoisotopic (exact) mass is 454 g/mol. The molecule has 6 heteroatoms. The lowest BCUT2D eigenvalue weighted by Gasteiger charge is -2.08. The maximum Gasteiger partial charge on any atom is 0.292 e. The predicted octanol–water partition coefficient (Wildman–Crippen LogP) is 6.17. The molecule has 0 saturated carbocycles. The number of hydrogen-bond acceptors (Lipinski definition) is 5. The van der Waals surface area contributed by atoms with E-state index < -0.39 is 0 Å². The molecule has 0 aliphatic rings. The fourth-order valence-electron chi connectivity index (χ4n) is 3.41. The Bertz CT molecular complexity index is 1150. The lowest BCUT2D eigenvalue weighted by Crippen LogP contribution is -2.06. The molecule has 0 radical (unpaired) electrons. The van der Waals surface area contributed by atoms with Crippen LogP contribution in [-0.2, 0) is 12.8 Å². The zero-order valence-electron chi connectivity index (χ0n) is 19.1. The van der Waals surface area contributed by atoms with Crippen molar-refractivity contribution in [3.05, 3.63) is 130 Å². The summed E-state index contributed by atoms with van der Waals surface area (Å²) in [5, 5.41) is 17.3. The molecule has 0 aromatic heterocycles. The first-order valence-electron chi connectivity index (χ1n) is 11.3. The van der Waals surface area contributed by atoms with E-state index in [-0.39, 0.29) is 10.6 Å². The minimum atomic E-state index is -0.370. The standard InChI is InChI=1S/C14H14N2O2.C14H16N2/c17-16(18)14-9-5-4-8-13(14)15-11-10-12-6-2-1-3-7-12;15-13-8-4-5-9-14(13)16-11-10-12-6-2-1-3-7-12/h1-9,15H,10-11H2;1-9,16H,10-11,15H2. The van der Waals surface area contributed by atoms with Crippen LogP contribution >= 0.6 is 0 Å². The van der Waals surface area contributed by atoms with Gasteiger partial charge in [0.05, 0.1) is 16.3 Å². The fraction of sp³-hybridized carbons (Fsp3) is 0.143. The van der Waals surface area contributed by atoms with Crippen LogP contribution in [0.1, 0.15) is 11.1 Å². The van der Waals surface area contributed by atoms with E-state index in [1.54, 1.807) is 18.2 Å². The molecule has 4 N–H and O–H groups in total. The van der Waals surface area contributed by atoms with Gasteiger partial charge < -0.3 is 16.4 Å². The number of nitro groups is 1. The predicted molar refractivity (Wildman–Crippen MR) is 141 cm³/mol. The molecule has 0 atom stereocenters. The van der Waals surface area contributed by atoms with Crippen molar-refractivity contribution in [1.82, 2.24) is 0 Å². The van der Waals surface area contributed by atoms with E-state index in [0.29, 0.717) is 12.2 Å². The molecule has 0 heterocycles. The minimum absolute atomic E-state index is 0.116. The van der Waals surface area contributed by atoms with Gasteiger partial charge in [0.1, 0.15) is 5.69 Å². The number of nitrogens with two attached hydrogens (primary N) is 1. The van der Waals surface area contributed by atoms with Crippen LogP contribution in [0.2, 0.25) is 0 Å². The Hall–Kier alpha value is -4.32. The lowest BCUT2D eigenvalue weighted by atomic mass is 10.1. The molecule has 0 spiro atoms. The van der Waals surface area contributed by atoms with Gasteiger partial charge in [-0.3, -0.25) is 10.1 Å². The average Bonchev–Trinajstić information content (AvgIpc) is 2.87. The maximum absolute atomic E-state index is 10.8. The third kappa shape index (κ3) is 7.98. The third-order valence-corrected chi connectivity index (χ3v) is 5.21. The van der Waals surface area contributed by atoms with Crippen molar-refractivity contribution in [3.63, 3.8) is 0 Å². The van der Waals surface area contributed by atoms with Gasteiger partial charge in [-0.2, -0.15) is 0 Å². The van der Waals surface area contributed by atoms with Crippen LogP contribution in [0.5, 0.6) is 0 Å². The number of anilines is 3. The Kier molecular flexibility index (Phi) is 9.50. The molecule has 0 saturated heterocycles. The van der Waals surface area contributed by atoms with E-state index in [1.807, 2.05) is 60.7 Å². The SMILES string of the molecule is Nc1ccccc1NCCc1ccccc1.O=[N+]([O-])c1ccccc1NCCc1ccccc1. The van der Waals surface area contributed by atoms with Gasteiger partial charge in [-0.05, 0) is 42.2 Å². The maximum atomic E-state index is 10.8.